The van der Waals surface area contributed by atoms with Crippen LogP contribution in [-0.2, 0) is 11.8 Å². The molecule has 27 heavy (non-hydrogen) atoms. The Morgan fingerprint density at radius 3 is 2.52 bits per heavy atom. The minimum Gasteiger partial charge on any atom is -0.360 e. The van der Waals surface area contributed by atoms with Gasteiger partial charge >= 0.3 is 0 Å². The Morgan fingerprint density at radius 1 is 1.22 bits per heavy atom. The van der Waals surface area contributed by atoms with Crippen LogP contribution in [0.1, 0.15) is 31.5 Å². The number of thiazole rings is 1. The molecule has 150 valence electrons. The van der Waals surface area contributed by atoms with Crippen molar-refractivity contribution in [2.75, 3.05) is 44.7 Å². The van der Waals surface area contributed by atoms with E-state index in [-0.39, 0.29) is 29.4 Å². The first-order valence-electron chi connectivity index (χ1n) is 9.16. The van der Waals surface area contributed by atoms with Crippen molar-refractivity contribution < 1.29 is 0 Å². The monoisotopic (exact) mass is 519 g/mol. The lowest BCUT2D eigenvalue weighted by molar-refractivity contribution is 0.374. The number of hydrogen-bond acceptors (Lipinski definition) is 5. The lowest BCUT2D eigenvalue weighted by Gasteiger charge is -2.37. The second-order valence-electron chi connectivity index (χ2n) is 7.53. The first kappa shape index (κ1) is 22.4. The molecule has 2 aromatic heterocycles. The zero-order valence-electron chi connectivity index (χ0n) is 16.6. The lowest BCUT2D eigenvalue weighted by Crippen LogP contribution is -2.52. The van der Waals surface area contributed by atoms with Crippen molar-refractivity contribution in [3.05, 3.63) is 33.6 Å². The SMILES string of the molecule is CN=C(NCCc1nc(C(C)(C)C)cs1)N1CCN(c2cccs2)CC1.I. The van der Waals surface area contributed by atoms with Crippen LogP contribution in [0.4, 0.5) is 5.00 Å². The molecule has 0 spiro atoms. The molecular formula is C19H30IN5S2. The number of piperazine rings is 1. The molecule has 1 N–H and O–H groups in total. The summed E-state index contributed by atoms with van der Waals surface area (Å²) in [6.07, 6.45) is 0.939. The van der Waals surface area contributed by atoms with Crippen LogP contribution in [0.2, 0.25) is 0 Å². The molecule has 3 rings (SSSR count). The smallest absolute Gasteiger partial charge is 0.193 e. The topological polar surface area (TPSA) is 43.8 Å². The van der Waals surface area contributed by atoms with E-state index < -0.39 is 0 Å². The van der Waals surface area contributed by atoms with E-state index in [0.717, 1.165) is 45.1 Å². The third-order valence-corrected chi connectivity index (χ3v) is 6.39. The molecule has 1 aliphatic heterocycles. The van der Waals surface area contributed by atoms with E-state index in [9.17, 15) is 0 Å². The van der Waals surface area contributed by atoms with Gasteiger partial charge in [0, 0.05) is 57.0 Å². The summed E-state index contributed by atoms with van der Waals surface area (Å²) >= 11 is 3.58. The number of aromatic nitrogens is 1. The van der Waals surface area contributed by atoms with E-state index in [1.165, 1.54) is 15.7 Å². The molecule has 0 atom stereocenters. The summed E-state index contributed by atoms with van der Waals surface area (Å²) in [7, 11) is 1.87. The van der Waals surface area contributed by atoms with Gasteiger partial charge in [-0.15, -0.1) is 46.7 Å². The highest BCUT2D eigenvalue weighted by Crippen LogP contribution is 2.24. The summed E-state index contributed by atoms with van der Waals surface area (Å²) in [6.45, 7) is 11.6. The van der Waals surface area contributed by atoms with Gasteiger partial charge in [0.05, 0.1) is 15.7 Å². The standard InChI is InChI=1S/C19H29N5S2.HI/c1-19(2,3)15-14-26-16(22-15)7-8-21-18(20-4)24-11-9-23(10-12-24)17-6-5-13-25-17;/h5-6,13-14H,7-12H2,1-4H3,(H,20,21);1H. The first-order chi connectivity index (χ1) is 12.5. The largest absolute Gasteiger partial charge is 0.360 e. The number of nitrogens with one attached hydrogen (secondary N) is 1. The first-order valence-corrected chi connectivity index (χ1v) is 10.9. The van der Waals surface area contributed by atoms with Gasteiger partial charge in [-0.1, -0.05) is 20.8 Å². The second-order valence-corrected chi connectivity index (χ2v) is 9.39. The molecule has 0 unspecified atom stereocenters. The zero-order chi connectivity index (χ0) is 18.6. The summed E-state index contributed by atoms with van der Waals surface area (Å²) < 4.78 is 0. The molecule has 1 aliphatic rings. The maximum absolute atomic E-state index is 4.77. The van der Waals surface area contributed by atoms with Crippen LogP contribution < -0.4 is 10.2 Å². The molecule has 0 bridgehead atoms. The zero-order valence-corrected chi connectivity index (χ0v) is 20.5. The van der Waals surface area contributed by atoms with Crippen molar-refractivity contribution >= 4 is 57.6 Å². The molecule has 3 heterocycles. The molecule has 0 amide bonds. The van der Waals surface area contributed by atoms with Crippen molar-refractivity contribution in [1.29, 1.82) is 0 Å². The number of hydrogen-bond donors (Lipinski definition) is 1. The molecule has 0 saturated carbocycles. The van der Waals surface area contributed by atoms with E-state index in [2.05, 4.69) is 63.8 Å². The average molecular weight is 520 g/mol. The number of rotatable bonds is 4. The molecular weight excluding hydrogens is 489 g/mol. The van der Waals surface area contributed by atoms with Crippen LogP contribution in [0.25, 0.3) is 0 Å². The Kier molecular flexibility index (Phi) is 8.36. The Balaban J connectivity index is 0.00000261. The quantitative estimate of drug-likeness (QED) is 0.376. The van der Waals surface area contributed by atoms with E-state index in [1.54, 1.807) is 11.3 Å². The number of thiophene rings is 1. The lowest BCUT2D eigenvalue weighted by atomic mass is 9.93. The maximum atomic E-state index is 4.77. The van der Waals surface area contributed by atoms with Gasteiger partial charge in [0.25, 0.3) is 0 Å². The van der Waals surface area contributed by atoms with Crippen molar-refractivity contribution in [3.63, 3.8) is 0 Å². The Bertz CT molecular complexity index is 713. The van der Waals surface area contributed by atoms with Crippen LogP contribution in [0.5, 0.6) is 0 Å². The average Bonchev–Trinajstić information content (AvgIpc) is 3.30. The highest BCUT2D eigenvalue weighted by Gasteiger charge is 2.20. The fourth-order valence-electron chi connectivity index (χ4n) is 2.97. The normalized spacial score (nSPS) is 15.6. The van der Waals surface area contributed by atoms with Crippen LogP contribution in [-0.4, -0.2) is 55.6 Å². The Hall–Kier alpha value is -0.870. The molecule has 0 aromatic carbocycles. The number of guanidine groups is 1. The van der Waals surface area contributed by atoms with Gasteiger partial charge in [-0.2, -0.15) is 0 Å². The third kappa shape index (κ3) is 6.05. The molecule has 1 fully saturated rings. The van der Waals surface area contributed by atoms with Gasteiger partial charge < -0.3 is 15.1 Å². The van der Waals surface area contributed by atoms with Crippen LogP contribution in [0.3, 0.4) is 0 Å². The second kappa shape index (κ2) is 10.1. The van der Waals surface area contributed by atoms with Gasteiger partial charge in [-0.25, -0.2) is 4.98 Å². The van der Waals surface area contributed by atoms with E-state index >= 15 is 0 Å². The summed E-state index contributed by atoms with van der Waals surface area (Å²) in [5.74, 6) is 1.00. The van der Waals surface area contributed by atoms with Gasteiger partial charge in [0.15, 0.2) is 5.96 Å². The molecule has 1 saturated heterocycles. The van der Waals surface area contributed by atoms with Crippen LogP contribution in [0, 0.1) is 0 Å². The number of nitrogens with zero attached hydrogens (tertiary/aromatic N) is 4. The fourth-order valence-corrected chi connectivity index (χ4v) is 4.78. The van der Waals surface area contributed by atoms with Crippen molar-refractivity contribution in [2.45, 2.75) is 32.6 Å². The minimum atomic E-state index is 0. The van der Waals surface area contributed by atoms with E-state index in [4.69, 9.17) is 4.98 Å². The van der Waals surface area contributed by atoms with Crippen LogP contribution >= 0.6 is 46.7 Å². The Morgan fingerprint density at radius 2 is 1.96 bits per heavy atom. The predicted molar refractivity (Wildman–Crippen MR) is 129 cm³/mol. The van der Waals surface area contributed by atoms with Gasteiger partial charge in [-0.05, 0) is 17.5 Å². The fraction of sp³-hybridized carbons (Fsp3) is 0.579. The summed E-state index contributed by atoms with van der Waals surface area (Å²) in [5.41, 5.74) is 1.31. The van der Waals surface area contributed by atoms with Gasteiger partial charge in [0.2, 0.25) is 0 Å². The maximum Gasteiger partial charge on any atom is 0.193 e. The highest BCUT2D eigenvalue weighted by atomic mass is 127. The van der Waals surface area contributed by atoms with Crippen molar-refractivity contribution in [2.24, 2.45) is 4.99 Å². The van der Waals surface area contributed by atoms with Gasteiger partial charge in [0.1, 0.15) is 0 Å². The Labute approximate surface area is 187 Å². The number of aliphatic imine (C=N–C) groups is 1. The highest BCUT2D eigenvalue weighted by molar-refractivity contribution is 14.0. The molecule has 0 radical (unpaired) electrons. The predicted octanol–water partition coefficient (Wildman–Crippen LogP) is 4.06. The molecule has 5 nitrogen and oxygen atoms in total. The number of halogens is 1. The molecule has 0 aliphatic carbocycles. The minimum absolute atomic E-state index is 0. The van der Waals surface area contributed by atoms with Crippen molar-refractivity contribution in [3.8, 4) is 0 Å². The van der Waals surface area contributed by atoms with Gasteiger partial charge in [-0.3, -0.25) is 4.99 Å². The number of anilines is 1. The van der Waals surface area contributed by atoms with E-state index in [0.29, 0.717) is 0 Å². The van der Waals surface area contributed by atoms with E-state index in [1.807, 2.05) is 18.4 Å². The third-order valence-electron chi connectivity index (χ3n) is 4.55. The molecule has 8 heteroatoms. The summed E-state index contributed by atoms with van der Waals surface area (Å²) in [4.78, 5) is 14.1. The molecule has 2 aromatic rings. The summed E-state index contributed by atoms with van der Waals surface area (Å²) in [6, 6.07) is 4.32. The van der Waals surface area contributed by atoms with Crippen molar-refractivity contribution in [1.82, 2.24) is 15.2 Å². The summed E-state index contributed by atoms with van der Waals surface area (Å²) in [5, 5.41) is 10.4. The van der Waals surface area contributed by atoms with Crippen LogP contribution in [0.15, 0.2) is 27.9 Å².